The van der Waals surface area contributed by atoms with Gasteiger partial charge in [-0.15, -0.1) is 0 Å². The summed E-state index contributed by atoms with van der Waals surface area (Å²) in [6.45, 7) is 4.75. The van der Waals surface area contributed by atoms with Crippen molar-refractivity contribution in [2.75, 3.05) is 13.2 Å². The van der Waals surface area contributed by atoms with Crippen molar-refractivity contribution in [1.29, 1.82) is 5.26 Å². The summed E-state index contributed by atoms with van der Waals surface area (Å²) in [6.07, 6.45) is 1.76. The fourth-order valence-electron chi connectivity index (χ4n) is 2.19. The molecule has 0 bridgehead atoms. The lowest BCUT2D eigenvalue weighted by atomic mass is 10.0. The molecule has 0 heterocycles. The average molecular weight is 362 g/mol. The van der Waals surface area contributed by atoms with Crippen LogP contribution in [-0.2, 0) is 0 Å². The zero-order chi connectivity index (χ0) is 17.5. The molecule has 0 fully saturated rings. The molecule has 0 saturated heterocycles. The van der Waals surface area contributed by atoms with Gasteiger partial charge >= 0.3 is 0 Å². The number of nitriles is 1. The monoisotopic (exact) mass is 361 g/mol. The summed E-state index contributed by atoms with van der Waals surface area (Å²) in [5, 5.41) is 10.5. The van der Waals surface area contributed by atoms with Crippen LogP contribution in [0.3, 0.4) is 0 Å². The molecule has 0 unspecified atom stereocenters. The van der Waals surface area contributed by atoms with Gasteiger partial charge in [-0.3, -0.25) is 0 Å². The van der Waals surface area contributed by atoms with E-state index in [1.165, 1.54) is 0 Å². The Morgan fingerprint density at radius 2 is 1.75 bits per heavy atom. The van der Waals surface area contributed by atoms with Crippen molar-refractivity contribution in [3.8, 4) is 17.6 Å². The maximum absolute atomic E-state index is 9.45. The Balaban J connectivity index is 2.46. The molecule has 0 N–H and O–H groups in total. The summed E-state index contributed by atoms with van der Waals surface area (Å²) in [5.41, 5.74) is 2.05. The number of nitrogens with zero attached hydrogens (tertiary/aromatic N) is 1. The van der Waals surface area contributed by atoms with Gasteiger partial charge in [0.2, 0.25) is 0 Å². The predicted octanol–water partition coefficient (Wildman–Crippen LogP) is 5.85. The molecule has 2 rings (SSSR count). The minimum Gasteiger partial charge on any atom is -0.490 e. The standard InChI is InChI=1S/C19H17Cl2NO2/c1-3-23-18-11-13(10-17(21)19(18)24-4-2)9-15(12-22)14-5-7-16(20)8-6-14/h5-11H,3-4H2,1-2H3. The van der Waals surface area contributed by atoms with E-state index in [2.05, 4.69) is 6.07 Å². The Labute approximate surface area is 152 Å². The van der Waals surface area contributed by atoms with Crippen molar-refractivity contribution in [3.05, 3.63) is 57.6 Å². The number of halogens is 2. The minimum atomic E-state index is 0.447. The van der Waals surface area contributed by atoms with Gasteiger partial charge in [-0.1, -0.05) is 35.3 Å². The Kier molecular flexibility index (Phi) is 6.54. The third kappa shape index (κ3) is 4.44. The van der Waals surface area contributed by atoms with E-state index in [0.29, 0.717) is 40.3 Å². The van der Waals surface area contributed by atoms with Gasteiger partial charge in [0.25, 0.3) is 0 Å². The van der Waals surface area contributed by atoms with E-state index in [9.17, 15) is 5.26 Å². The van der Waals surface area contributed by atoms with Crippen LogP contribution in [0.1, 0.15) is 25.0 Å². The molecule has 0 amide bonds. The van der Waals surface area contributed by atoms with Crippen molar-refractivity contribution in [2.45, 2.75) is 13.8 Å². The lowest BCUT2D eigenvalue weighted by Crippen LogP contribution is -1.99. The predicted molar refractivity (Wildman–Crippen MR) is 98.7 cm³/mol. The molecule has 0 aliphatic rings. The second kappa shape index (κ2) is 8.63. The molecule has 5 heteroatoms. The fraction of sp³-hybridized carbons (Fsp3) is 0.211. The van der Waals surface area contributed by atoms with Crippen LogP contribution in [0.25, 0.3) is 11.6 Å². The van der Waals surface area contributed by atoms with Gasteiger partial charge in [-0.2, -0.15) is 5.26 Å². The average Bonchev–Trinajstić information content (AvgIpc) is 2.57. The van der Waals surface area contributed by atoms with Gasteiger partial charge in [0.05, 0.1) is 29.9 Å². The van der Waals surface area contributed by atoms with Crippen LogP contribution in [-0.4, -0.2) is 13.2 Å². The highest BCUT2D eigenvalue weighted by Gasteiger charge is 2.12. The summed E-state index contributed by atoms with van der Waals surface area (Å²) in [6, 6.07) is 12.9. The first kappa shape index (κ1) is 18.2. The molecule has 0 aliphatic carbocycles. The first-order chi connectivity index (χ1) is 11.6. The molecule has 24 heavy (non-hydrogen) atoms. The van der Waals surface area contributed by atoms with Crippen LogP contribution in [0, 0.1) is 11.3 Å². The molecule has 0 radical (unpaired) electrons. The Hall–Kier alpha value is -2.15. The zero-order valence-corrected chi connectivity index (χ0v) is 15.0. The Morgan fingerprint density at radius 1 is 1.08 bits per heavy atom. The number of allylic oxidation sites excluding steroid dienone is 1. The quantitative estimate of drug-likeness (QED) is 0.478. The normalized spacial score (nSPS) is 11.0. The maximum Gasteiger partial charge on any atom is 0.179 e. The van der Waals surface area contributed by atoms with E-state index in [1.54, 1.807) is 36.4 Å². The third-order valence-corrected chi connectivity index (χ3v) is 3.74. The largest absolute Gasteiger partial charge is 0.490 e. The molecule has 0 saturated carbocycles. The molecule has 124 valence electrons. The van der Waals surface area contributed by atoms with Crippen LogP contribution in [0.15, 0.2) is 36.4 Å². The van der Waals surface area contributed by atoms with E-state index in [1.807, 2.05) is 19.9 Å². The summed E-state index contributed by atoms with van der Waals surface area (Å²) >= 11 is 12.2. The van der Waals surface area contributed by atoms with Gasteiger partial charge in [0.15, 0.2) is 11.5 Å². The van der Waals surface area contributed by atoms with Crippen LogP contribution in [0.2, 0.25) is 10.0 Å². The van der Waals surface area contributed by atoms with Crippen molar-refractivity contribution in [3.63, 3.8) is 0 Å². The smallest absolute Gasteiger partial charge is 0.179 e. The third-order valence-electron chi connectivity index (χ3n) is 3.21. The van der Waals surface area contributed by atoms with Crippen molar-refractivity contribution >= 4 is 34.9 Å². The van der Waals surface area contributed by atoms with E-state index in [-0.39, 0.29) is 0 Å². The van der Waals surface area contributed by atoms with E-state index < -0.39 is 0 Å². The molecule has 3 nitrogen and oxygen atoms in total. The van der Waals surface area contributed by atoms with Crippen molar-refractivity contribution in [1.82, 2.24) is 0 Å². The van der Waals surface area contributed by atoms with E-state index in [4.69, 9.17) is 32.7 Å². The van der Waals surface area contributed by atoms with Crippen LogP contribution >= 0.6 is 23.2 Å². The highest BCUT2D eigenvalue weighted by Crippen LogP contribution is 2.37. The number of hydrogen-bond acceptors (Lipinski definition) is 3. The van der Waals surface area contributed by atoms with Gasteiger partial charge in [0.1, 0.15) is 0 Å². The molecule has 0 atom stereocenters. The molecular weight excluding hydrogens is 345 g/mol. The maximum atomic E-state index is 9.45. The van der Waals surface area contributed by atoms with Gasteiger partial charge in [0, 0.05) is 5.02 Å². The highest BCUT2D eigenvalue weighted by atomic mass is 35.5. The number of ether oxygens (including phenoxy) is 2. The lowest BCUT2D eigenvalue weighted by molar-refractivity contribution is 0.288. The first-order valence-corrected chi connectivity index (χ1v) is 8.31. The molecule has 0 spiro atoms. The molecule has 0 aromatic heterocycles. The SMILES string of the molecule is CCOc1cc(C=C(C#N)c2ccc(Cl)cc2)cc(Cl)c1OCC. The first-order valence-electron chi connectivity index (χ1n) is 7.55. The second-order valence-electron chi connectivity index (χ2n) is 4.87. The van der Waals surface area contributed by atoms with Gasteiger partial charge < -0.3 is 9.47 Å². The molecule has 2 aromatic rings. The van der Waals surface area contributed by atoms with Crippen molar-refractivity contribution < 1.29 is 9.47 Å². The second-order valence-corrected chi connectivity index (χ2v) is 5.72. The molecule has 0 aliphatic heterocycles. The molecular formula is C19H17Cl2NO2. The van der Waals surface area contributed by atoms with E-state index in [0.717, 1.165) is 11.1 Å². The van der Waals surface area contributed by atoms with Crippen LogP contribution in [0.5, 0.6) is 11.5 Å². The number of hydrogen-bond donors (Lipinski definition) is 0. The van der Waals surface area contributed by atoms with Crippen LogP contribution < -0.4 is 9.47 Å². The minimum absolute atomic E-state index is 0.447. The zero-order valence-electron chi connectivity index (χ0n) is 13.5. The van der Waals surface area contributed by atoms with Gasteiger partial charge in [-0.25, -0.2) is 0 Å². The molecule has 2 aromatic carbocycles. The van der Waals surface area contributed by atoms with E-state index >= 15 is 0 Å². The Morgan fingerprint density at radius 3 is 2.33 bits per heavy atom. The van der Waals surface area contributed by atoms with Gasteiger partial charge in [-0.05, 0) is 55.3 Å². The summed E-state index contributed by atoms with van der Waals surface area (Å²) in [4.78, 5) is 0. The summed E-state index contributed by atoms with van der Waals surface area (Å²) in [7, 11) is 0. The summed E-state index contributed by atoms with van der Waals surface area (Å²) in [5.74, 6) is 1.08. The number of benzene rings is 2. The fourth-order valence-corrected chi connectivity index (χ4v) is 2.59. The van der Waals surface area contributed by atoms with Crippen LogP contribution in [0.4, 0.5) is 0 Å². The highest BCUT2D eigenvalue weighted by molar-refractivity contribution is 6.32. The van der Waals surface area contributed by atoms with Crippen molar-refractivity contribution in [2.24, 2.45) is 0 Å². The summed E-state index contributed by atoms with van der Waals surface area (Å²) < 4.78 is 11.2. The number of rotatable bonds is 6. The topological polar surface area (TPSA) is 42.2 Å². The Bertz CT molecular complexity index is 777. The lowest BCUT2D eigenvalue weighted by Gasteiger charge is -2.13.